The van der Waals surface area contributed by atoms with Crippen LogP contribution in [-0.2, 0) is 9.59 Å². The van der Waals surface area contributed by atoms with E-state index in [9.17, 15) is 9.59 Å². The van der Waals surface area contributed by atoms with E-state index >= 15 is 0 Å². The standard InChI is InChI=1S/C17H20N4O3/c1-11-8-15(19-24-11)21-10-12(9-16(21)22)17(23)18-13-4-6-14(7-5-13)20(2)3/h4-8,12H,9-10H2,1-3H3,(H,18,23). The molecule has 2 aromatic rings. The Balaban J connectivity index is 1.64. The maximum absolute atomic E-state index is 12.4. The van der Waals surface area contributed by atoms with Gasteiger partial charge in [-0.25, -0.2) is 0 Å². The Bertz CT molecular complexity index is 751. The number of amides is 2. The van der Waals surface area contributed by atoms with Crippen LogP contribution in [0.4, 0.5) is 17.2 Å². The highest BCUT2D eigenvalue weighted by Gasteiger charge is 2.36. The molecule has 1 atom stereocenters. The molecule has 0 saturated carbocycles. The lowest BCUT2D eigenvalue weighted by Crippen LogP contribution is -2.28. The van der Waals surface area contributed by atoms with Crippen molar-refractivity contribution in [2.75, 3.05) is 35.8 Å². The lowest BCUT2D eigenvalue weighted by atomic mass is 10.1. The molecular formula is C17H20N4O3. The van der Waals surface area contributed by atoms with E-state index in [1.807, 2.05) is 43.3 Å². The summed E-state index contributed by atoms with van der Waals surface area (Å²) in [6.45, 7) is 2.07. The quantitative estimate of drug-likeness (QED) is 0.929. The third-order valence-corrected chi connectivity index (χ3v) is 4.04. The Hall–Kier alpha value is -2.83. The predicted molar refractivity (Wildman–Crippen MR) is 91.1 cm³/mol. The number of hydrogen-bond acceptors (Lipinski definition) is 5. The fourth-order valence-electron chi connectivity index (χ4n) is 2.67. The summed E-state index contributed by atoms with van der Waals surface area (Å²) in [5.41, 5.74) is 1.77. The van der Waals surface area contributed by atoms with E-state index < -0.39 is 5.92 Å². The molecule has 24 heavy (non-hydrogen) atoms. The molecule has 1 aliphatic rings. The van der Waals surface area contributed by atoms with Crippen molar-refractivity contribution in [3.8, 4) is 0 Å². The molecule has 0 aliphatic carbocycles. The average Bonchev–Trinajstić information content (AvgIpc) is 3.13. The van der Waals surface area contributed by atoms with Crippen molar-refractivity contribution in [2.45, 2.75) is 13.3 Å². The van der Waals surface area contributed by atoms with Gasteiger partial charge in [0.05, 0.1) is 5.92 Å². The normalized spacial score (nSPS) is 17.2. The van der Waals surface area contributed by atoms with Gasteiger partial charge < -0.3 is 14.7 Å². The second-order valence-corrected chi connectivity index (χ2v) is 6.13. The van der Waals surface area contributed by atoms with Crippen LogP contribution in [0.2, 0.25) is 0 Å². The summed E-state index contributed by atoms with van der Waals surface area (Å²) < 4.78 is 5.00. The van der Waals surface area contributed by atoms with Crippen molar-refractivity contribution >= 4 is 29.0 Å². The molecule has 2 amide bonds. The van der Waals surface area contributed by atoms with Gasteiger partial charge in [0, 0.05) is 44.5 Å². The third-order valence-electron chi connectivity index (χ3n) is 4.04. The minimum Gasteiger partial charge on any atom is -0.378 e. The molecule has 1 unspecified atom stereocenters. The molecule has 0 radical (unpaired) electrons. The van der Waals surface area contributed by atoms with E-state index in [-0.39, 0.29) is 18.2 Å². The van der Waals surface area contributed by atoms with Gasteiger partial charge in [0.1, 0.15) is 5.76 Å². The van der Waals surface area contributed by atoms with Crippen molar-refractivity contribution in [1.82, 2.24) is 5.16 Å². The third kappa shape index (κ3) is 3.24. The highest BCUT2D eigenvalue weighted by molar-refractivity contribution is 6.03. The molecule has 7 nitrogen and oxygen atoms in total. The number of benzene rings is 1. The molecule has 0 spiro atoms. The van der Waals surface area contributed by atoms with E-state index in [0.717, 1.165) is 5.69 Å². The number of aromatic nitrogens is 1. The number of anilines is 3. The molecule has 1 N–H and O–H groups in total. The van der Waals surface area contributed by atoms with Crippen LogP contribution in [-0.4, -0.2) is 37.6 Å². The Morgan fingerprint density at radius 2 is 2.04 bits per heavy atom. The monoisotopic (exact) mass is 328 g/mol. The first-order chi connectivity index (χ1) is 11.4. The minimum absolute atomic E-state index is 0.119. The molecule has 126 valence electrons. The van der Waals surface area contributed by atoms with E-state index in [4.69, 9.17) is 4.52 Å². The molecule has 7 heteroatoms. The number of hydrogen-bond donors (Lipinski definition) is 1. The first-order valence-corrected chi connectivity index (χ1v) is 7.76. The fourth-order valence-corrected chi connectivity index (χ4v) is 2.67. The van der Waals surface area contributed by atoms with Crippen LogP contribution in [0, 0.1) is 12.8 Å². The van der Waals surface area contributed by atoms with Crippen molar-refractivity contribution < 1.29 is 14.1 Å². The molecule has 3 rings (SSSR count). The number of aryl methyl sites for hydroxylation is 1. The van der Waals surface area contributed by atoms with E-state index in [1.54, 1.807) is 13.0 Å². The largest absolute Gasteiger partial charge is 0.378 e. The molecule has 1 aromatic heterocycles. The van der Waals surface area contributed by atoms with Gasteiger partial charge in [-0.15, -0.1) is 0 Å². The van der Waals surface area contributed by atoms with Crippen molar-refractivity contribution in [3.05, 3.63) is 36.1 Å². The number of nitrogens with zero attached hydrogens (tertiary/aromatic N) is 3. The number of carbonyl (C=O) groups is 2. The zero-order valence-corrected chi connectivity index (χ0v) is 13.9. The highest BCUT2D eigenvalue weighted by Crippen LogP contribution is 2.26. The summed E-state index contributed by atoms with van der Waals surface area (Å²) in [7, 11) is 3.91. The van der Waals surface area contributed by atoms with Gasteiger partial charge >= 0.3 is 0 Å². The predicted octanol–water partition coefficient (Wildman–Crippen LogP) is 2.04. The topological polar surface area (TPSA) is 78.7 Å². The van der Waals surface area contributed by atoms with Crippen LogP contribution < -0.4 is 15.1 Å². The maximum atomic E-state index is 12.4. The van der Waals surface area contributed by atoms with Crippen LogP contribution >= 0.6 is 0 Å². The molecule has 1 aliphatic heterocycles. The molecule has 0 bridgehead atoms. The van der Waals surface area contributed by atoms with Gasteiger partial charge in [-0.05, 0) is 31.2 Å². The van der Waals surface area contributed by atoms with Gasteiger partial charge in [-0.1, -0.05) is 5.16 Å². The SMILES string of the molecule is Cc1cc(N2CC(C(=O)Nc3ccc(N(C)C)cc3)CC2=O)no1. The minimum atomic E-state index is -0.400. The maximum Gasteiger partial charge on any atom is 0.229 e. The Kier molecular flexibility index (Phi) is 4.24. The summed E-state index contributed by atoms with van der Waals surface area (Å²) >= 11 is 0. The van der Waals surface area contributed by atoms with Crippen LogP contribution in [0.25, 0.3) is 0 Å². The highest BCUT2D eigenvalue weighted by atomic mass is 16.5. The number of rotatable bonds is 4. The zero-order chi connectivity index (χ0) is 17.3. The van der Waals surface area contributed by atoms with Gasteiger partial charge in [-0.2, -0.15) is 0 Å². The Morgan fingerprint density at radius 1 is 1.33 bits per heavy atom. The van der Waals surface area contributed by atoms with Crippen LogP contribution in [0.5, 0.6) is 0 Å². The Morgan fingerprint density at radius 3 is 2.62 bits per heavy atom. The first-order valence-electron chi connectivity index (χ1n) is 7.76. The summed E-state index contributed by atoms with van der Waals surface area (Å²) in [6.07, 6.45) is 0.174. The van der Waals surface area contributed by atoms with Crippen molar-refractivity contribution in [1.29, 1.82) is 0 Å². The fraction of sp³-hybridized carbons (Fsp3) is 0.353. The lowest BCUT2D eigenvalue weighted by molar-refractivity contribution is -0.122. The molecular weight excluding hydrogens is 308 g/mol. The summed E-state index contributed by atoms with van der Waals surface area (Å²) in [4.78, 5) is 28.0. The summed E-state index contributed by atoms with van der Waals surface area (Å²) in [6, 6.07) is 9.25. The molecule has 1 fully saturated rings. The average molecular weight is 328 g/mol. The van der Waals surface area contributed by atoms with Gasteiger partial charge in [0.15, 0.2) is 5.82 Å². The molecule has 2 heterocycles. The number of carbonyl (C=O) groups excluding carboxylic acids is 2. The van der Waals surface area contributed by atoms with Gasteiger partial charge in [0.25, 0.3) is 0 Å². The van der Waals surface area contributed by atoms with E-state index in [1.165, 1.54) is 4.90 Å². The second kappa shape index (κ2) is 6.35. The van der Waals surface area contributed by atoms with E-state index in [0.29, 0.717) is 23.8 Å². The summed E-state index contributed by atoms with van der Waals surface area (Å²) in [5, 5.41) is 6.71. The first kappa shape index (κ1) is 16.0. The summed E-state index contributed by atoms with van der Waals surface area (Å²) in [5.74, 6) is 0.410. The number of nitrogens with one attached hydrogen (secondary N) is 1. The van der Waals surface area contributed by atoms with Crippen LogP contribution in [0.1, 0.15) is 12.2 Å². The smallest absolute Gasteiger partial charge is 0.229 e. The Labute approximate surface area is 140 Å². The molecule has 1 saturated heterocycles. The van der Waals surface area contributed by atoms with E-state index in [2.05, 4.69) is 10.5 Å². The van der Waals surface area contributed by atoms with Gasteiger partial charge in [0.2, 0.25) is 11.8 Å². The second-order valence-electron chi connectivity index (χ2n) is 6.13. The zero-order valence-electron chi connectivity index (χ0n) is 13.9. The van der Waals surface area contributed by atoms with Gasteiger partial charge in [-0.3, -0.25) is 14.5 Å². The van der Waals surface area contributed by atoms with Crippen molar-refractivity contribution in [3.63, 3.8) is 0 Å². The lowest BCUT2D eigenvalue weighted by Gasteiger charge is -2.15. The van der Waals surface area contributed by atoms with Crippen LogP contribution in [0.3, 0.4) is 0 Å². The van der Waals surface area contributed by atoms with Crippen LogP contribution in [0.15, 0.2) is 34.9 Å². The molecule has 1 aromatic carbocycles. The van der Waals surface area contributed by atoms with Crippen molar-refractivity contribution in [2.24, 2.45) is 5.92 Å².